The molecule has 0 saturated heterocycles. The number of aromatic nitrogens is 4. The fourth-order valence-electron chi connectivity index (χ4n) is 1.99. The van der Waals surface area contributed by atoms with E-state index >= 15 is 0 Å². The molecule has 2 aromatic heterocycles. The van der Waals surface area contributed by atoms with Crippen molar-refractivity contribution in [1.29, 1.82) is 0 Å². The van der Waals surface area contributed by atoms with Crippen LogP contribution in [0.5, 0.6) is 0 Å². The first-order valence-electron chi connectivity index (χ1n) is 6.58. The third kappa shape index (κ3) is 3.33. The average Bonchev–Trinajstić information content (AvgIpc) is 2.96. The Kier molecular flexibility index (Phi) is 4.54. The highest BCUT2D eigenvalue weighted by Crippen LogP contribution is 2.15. The Morgan fingerprint density at radius 3 is 2.84 bits per heavy atom. The van der Waals surface area contributed by atoms with Gasteiger partial charge >= 0.3 is 0 Å². The van der Waals surface area contributed by atoms with Crippen molar-refractivity contribution in [2.45, 2.75) is 39.9 Å². The molecule has 1 N–H and O–H groups in total. The van der Waals surface area contributed by atoms with Gasteiger partial charge in [0.05, 0.1) is 18.9 Å². The van der Waals surface area contributed by atoms with Crippen molar-refractivity contribution >= 4 is 5.82 Å². The lowest BCUT2D eigenvalue weighted by molar-refractivity contribution is 0.429. The van der Waals surface area contributed by atoms with Crippen LogP contribution >= 0.6 is 0 Å². The Morgan fingerprint density at radius 2 is 2.11 bits per heavy atom. The summed E-state index contributed by atoms with van der Waals surface area (Å²) in [5, 5.41) is 11.7. The van der Waals surface area contributed by atoms with Crippen molar-refractivity contribution in [2.24, 2.45) is 0 Å². The molecular formula is C13H20FN5. The summed E-state index contributed by atoms with van der Waals surface area (Å²) >= 11 is 0. The van der Waals surface area contributed by atoms with E-state index in [1.165, 1.54) is 0 Å². The van der Waals surface area contributed by atoms with E-state index in [0.717, 1.165) is 29.9 Å². The van der Waals surface area contributed by atoms with E-state index in [2.05, 4.69) is 22.4 Å². The first-order valence-corrected chi connectivity index (χ1v) is 6.58. The number of nitrogens with one attached hydrogen (secondary N) is 1. The normalized spacial score (nSPS) is 10.9. The molecule has 2 rings (SSSR count). The maximum atomic E-state index is 12.4. The second-order valence-electron chi connectivity index (χ2n) is 4.55. The highest BCUT2D eigenvalue weighted by Gasteiger charge is 2.07. The van der Waals surface area contributed by atoms with Gasteiger partial charge in [0.15, 0.2) is 0 Å². The summed E-state index contributed by atoms with van der Waals surface area (Å²) in [7, 11) is 0. The zero-order valence-electron chi connectivity index (χ0n) is 11.4. The molecule has 5 nitrogen and oxygen atoms in total. The molecule has 0 aliphatic carbocycles. The smallest absolute Gasteiger partial charge is 0.127 e. The van der Waals surface area contributed by atoms with E-state index in [9.17, 15) is 4.39 Å². The topological polar surface area (TPSA) is 47.7 Å². The van der Waals surface area contributed by atoms with Gasteiger partial charge in [-0.1, -0.05) is 6.92 Å². The zero-order chi connectivity index (χ0) is 13.7. The summed E-state index contributed by atoms with van der Waals surface area (Å²) in [6, 6.07) is 0. The standard InChI is InChI=1S/C13H20FN5/c1-3-5-18-10-12(9-16-18)8-15-13-11(2)7-17-19(13)6-4-14/h7,9-10,15H,3-6,8H2,1-2H3. The second kappa shape index (κ2) is 6.36. The van der Waals surface area contributed by atoms with Crippen molar-refractivity contribution < 1.29 is 4.39 Å². The van der Waals surface area contributed by atoms with Gasteiger partial charge in [0.25, 0.3) is 0 Å². The largest absolute Gasteiger partial charge is 0.366 e. The fourth-order valence-corrected chi connectivity index (χ4v) is 1.99. The van der Waals surface area contributed by atoms with Crippen LogP contribution in [0.3, 0.4) is 0 Å². The van der Waals surface area contributed by atoms with Crippen LogP contribution in [0.25, 0.3) is 0 Å². The molecule has 2 aromatic rings. The summed E-state index contributed by atoms with van der Waals surface area (Å²) in [5.41, 5.74) is 2.13. The van der Waals surface area contributed by atoms with Crippen LogP contribution in [-0.2, 0) is 19.6 Å². The van der Waals surface area contributed by atoms with Crippen LogP contribution in [0.1, 0.15) is 24.5 Å². The van der Waals surface area contributed by atoms with E-state index in [1.54, 1.807) is 10.9 Å². The van der Waals surface area contributed by atoms with Crippen molar-refractivity contribution in [3.63, 3.8) is 0 Å². The molecule has 0 aromatic carbocycles. The van der Waals surface area contributed by atoms with E-state index in [-0.39, 0.29) is 6.54 Å². The Hall–Kier alpha value is -1.85. The van der Waals surface area contributed by atoms with Crippen LogP contribution in [0.4, 0.5) is 10.2 Å². The maximum absolute atomic E-state index is 12.4. The zero-order valence-corrected chi connectivity index (χ0v) is 11.4. The molecule has 6 heteroatoms. The summed E-state index contributed by atoms with van der Waals surface area (Å²) in [6.07, 6.45) is 6.70. The van der Waals surface area contributed by atoms with Gasteiger partial charge in [-0.05, 0) is 13.3 Å². The highest BCUT2D eigenvalue weighted by atomic mass is 19.1. The molecule has 0 atom stereocenters. The Bertz CT molecular complexity index is 517. The van der Waals surface area contributed by atoms with Gasteiger partial charge in [0, 0.05) is 30.4 Å². The molecule has 0 spiro atoms. The molecule has 19 heavy (non-hydrogen) atoms. The van der Waals surface area contributed by atoms with E-state index < -0.39 is 6.67 Å². The SMILES string of the molecule is CCCn1cc(CNc2c(C)cnn2CCF)cn1. The molecular weight excluding hydrogens is 245 g/mol. The number of hydrogen-bond acceptors (Lipinski definition) is 3. The molecule has 2 heterocycles. The van der Waals surface area contributed by atoms with Crippen molar-refractivity contribution in [3.05, 3.63) is 29.7 Å². The predicted molar refractivity (Wildman–Crippen MR) is 72.8 cm³/mol. The monoisotopic (exact) mass is 265 g/mol. The van der Waals surface area contributed by atoms with Crippen LogP contribution in [0.15, 0.2) is 18.6 Å². The van der Waals surface area contributed by atoms with Gasteiger partial charge in [-0.25, -0.2) is 9.07 Å². The molecule has 0 radical (unpaired) electrons. The highest BCUT2D eigenvalue weighted by molar-refractivity contribution is 5.43. The molecule has 0 fully saturated rings. The number of hydrogen-bond donors (Lipinski definition) is 1. The minimum Gasteiger partial charge on any atom is -0.366 e. The number of nitrogens with zero attached hydrogens (tertiary/aromatic N) is 4. The van der Waals surface area contributed by atoms with Gasteiger partial charge in [0.1, 0.15) is 12.5 Å². The first-order chi connectivity index (χ1) is 9.24. The Balaban J connectivity index is 1.99. The number of aryl methyl sites for hydroxylation is 3. The molecule has 0 saturated carbocycles. The molecule has 0 aliphatic heterocycles. The van der Waals surface area contributed by atoms with Gasteiger partial charge in [-0.15, -0.1) is 0 Å². The first kappa shape index (κ1) is 13.6. The summed E-state index contributed by atoms with van der Waals surface area (Å²) in [4.78, 5) is 0. The average molecular weight is 265 g/mol. The van der Waals surface area contributed by atoms with Crippen molar-refractivity contribution in [2.75, 3.05) is 12.0 Å². The van der Waals surface area contributed by atoms with Crippen LogP contribution in [0.2, 0.25) is 0 Å². The summed E-state index contributed by atoms with van der Waals surface area (Å²) in [5.74, 6) is 0.876. The molecule has 0 amide bonds. The molecule has 104 valence electrons. The van der Waals surface area contributed by atoms with E-state index in [0.29, 0.717) is 6.54 Å². The van der Waals surface area contributed by atoms with E-state index in [1.807, 2.05) is 24.0 Å². The van der Waals surface area contributed by atoms with Crippen LogP contribution < -0.4 is 5.32 Å². The summed E-state index contributed by atoms with van der Waals surface area (Å²) in [6.45, 7) is 5.56. The van der Waals surface area contributed by atoms with Gasteiger partial charge in [0.2, 0.25) is 0 Å². The van der Waals surface area contributed by atoms with Crippen molar-refractivity contribution in [1.82, 2.24) is 19.6 Å². The predicted octanol–water partition coefficient (Wildman–Crippen LogP) is 2.38. The van der Waals surface area contributed by atoms with Crippen LogP contribution in [-0.4, -0.2) is 26.2 Å². The molecule has 0 aliphatic rings. The number of anilines is 1. The fraction of sp³-hybridized carbons (Fsp3) is 0.538. The minimum atomic E-state index is -0.412. The second-order valence-corrected chi connectivity index (χ2v) is 4.55. The van der Waals surface area contributed by atoms with Gasteiger partial charge < -0.3 is 5.32 Å². The number of halogens is 1. The van der Waals surface area contributed by atoms with Gasteiger partial charge in [-0.3, -0.25) is 4.68 Å². The molecule has 0 unspecified atom stereocenters. The Morgan fingerprint density at radius 1 is 1.26 bits per heavy atom. The minimum absolute atomic E-state index is 0.283. The third-order valence-corrected chi connectivity index (χ3v) is 2.92. The Labute approximate surface area is 112 Å². The third-order valence-electron chi connectivity index (χ3n) is 2.92. The summed E-state index contributed by atoms with van der Waals surface area (Å²) < 4.78 is 16.0. The van der Waals surface area contributed by atoms with Crippen LogP contribution in [0, 0.1) is 6.92 Å². The lowest BCUT2D eigenvalue weighted by Gasteiger charge is -2.08. The molecule has 0 bridgehead atoms. The quantitative estimate of drug-likeness (QED) is 0.836. The lowest BCUT2D eigenvalue weighted by atomic mass is 10.3. The van der Waals surface area contributed by atoms with E-state index in [4.69, 9.17) is 0 Å². The van der Waals surface area contributed by atoms with Crippen molar-refractivity contribution in [3.8, 4) is 0 Å². The number of rotatable bonds is 7. The van der Waals surface area contributed by atoms with Gasteiger partial charge in [-0.2, -0.15) is 10.2 Å². The number of alkyl halides is 1. The lowest BCUT2D eigenvalue weighted by Crippen LogP contribution is -2.09. The maximum Gasteiger partial charge on any atom is 0.127 e.